The first-order chi connectivity index (χ1) is 11.6. The highest BCUT2D eigenvalue weighted by Gasteiger charge is 2.39. The number of carbonyl (C=O) groups excluding carboxylic acids is 1. The van der Waals surface area contributed by atoms with Crippen LogP contribution >= 0.6 is 0 Å². The number of nitrogens with one attached hydrogen (secondary N) is 1. The fourth-order valence-electron chi connectivity index (χ4n) is 3.53. The molecule has 3 aliphatic rings. The summed E-state index contributed by atoms with van der Waals surface area (Å²) in [5.41, 5.74) is 3.73. The molecule has 1 aromatic carbocycles. The molecule has 1 amide bonds. The minimum atomic E-state index is -0.205. The lowest BCUT2D eigenvalue weighted by molar-refractivity contribution is -0.118. The molecule has 0 saturated carbocycles. The second kappa shape index (κ2) is 5.54. The van der Waals surface area contributed by atoms with Gasteiger partial charge in [-0.25, -0.2) is 0 Å². The molecule has 0 aromatic heterocycles. The van der Waals surface area contributed by atoms with E-state index in [1.54, 1.807) is 0 Å². The van der Waals surface area contributed by atoms with Crippen LogP contribution in [0.15, 0.2) is 34.5 Å². The van der Waals surface area contributed by atoms with Crippen molar-refractivity contribution in [2.24, 2.45) is 10.9 Å². The second-order valence-electron chi connectivity index (χ2n) is 6.62. The van der Waals surface area contributed by atoms with E-state index in [9.17, 15) is 4.79 Å². The molecule has 6 heteroatoms. The zero-order chi connectivity index (χ0) is 16.8. The highest BCUT2D eigenvalue weighted by atomic mass is 16.7. The average Bonchev–Trinajstić information content (AvgIpc) is 3.09. The maximum atomic E-state index is 12.6. The lowest BCUT2D eigenvalue weighted by Crippen LogP contribution is -2.29. The van der Waals surface area contributed by atoms with Crippen molar-refractivity contribution >= 4 is 11.6 Å². The van der Waals surface area contributed by atoms with Gasteiger partial charge in [0.25, 0.3) is 5.91 Å². The van der Waals surface area contributed by atoms with Gasteiger partial charge in [-0.05, 0) is 23.6 Å². The zero-order valence-corrected chi connectivity index (χ0v) is 14.1. The van der Waals surface area contributed by atoms with Gasteiger partial charge < -0.3 is 19.7 Å². The normalized spacial score (nSPS) is 22.5. The van der Waals surface area contributed by atoms with Gasteiger partial charge >= 0.3 is 0 Å². The van der Waals surface area contributed by atoms with E-state index >= 15 is 0 Å². The lowest BCUT2D eigenvalue weighted by atomic mass is 9.90. The van der Waals surface area contributed by atoms with Crippen molar-refractivity contribution in [3.63, 3.8) is 0 Å². The van der Waals surface area contributed by atoms with Gasteiger partial charge in [0.05, 0.1) is 12.6 Å². The van der Waals surface area contributed by atoms with Crippen molar-refractivity contribution < 1.29 is 14.3 Å². The first-order valence-corrected chi connectivity index (χ1v) is 8.26. The molecule has 0 bridgehead atoms. The smallest absolute Gasteiger partial charge is 0.268 e. The van der Waals surface area contributed by atoms with Crippen LogP contribution in [0, 0.1) is 5.92 Å². The van der Waals surface area contributed by atoms with Crippen molar-refractivity contribution in [2.75, 3.05) is 26.9 Å². The number of rotatable bonds is 2. The first kappa shape index (κ1) is 15.1. The first-order valence-electron chi connectivity index (χ1n) is 8.26. The Morgan fingerprint density at radius 3 is 2.88 bits per heavy atom. The molecular weight excluding hydrogens is 306 g/mol. The monoisotopic (exact) mass is 327 g/mol. The van der Waals surface area contributed by atoms with Crippen molar-refractivity contribution in [2.45, 2.75) is 19.9 Å². The summed E-state index contributed by atoms with van der Waals surface area (Å²) in [6.45, 7) is 5.93. The van der Waals surface area contributed by atoms with E-state index in [0.717, 1.165) is 40.6 Å². The van der Waals surface area contributed by atoms with Gasteiger partial charge in [-0.1, -0.05) is 19.9 Å². The fourth-order valence-corrected chi connectivity index (χ4v) is 3.53. The Labute approximate surface area is 141 Å². The SMILES string of the molecule is CC(C)C1=NCCN(C)C2=C1C(c1ccc3c(c1)OCO3)NC2=O. The van der Waals surface area contributed by atoms with Gasteiger partial charge in [0, 0.05) is 24.9 Å². The maximum absolute atomic E-state index is 12.6. The summed E-state index contributed by atoms with van der Waals surface area (Å²) in [4.78, 5) is 19.4. The number of carbonyl (C=O) groups is 1. The highest BCUT2D eigenvalue weighted by Crippen LogP contribution is 2.40. The number of nitrogens with zero attached hydrogens (tertiary/aromatic N) is 2. The molecule has 0 aliphatic carbocycles. The average molecular weight is 327 g/mol. The topological polar surface area (TPSA) is 63.2 Å². The molecule has 0 radical (unpaired) electrons. The van der Waals surface area contributed by atoms with E-state index in [4.69, 9.17) is 14.5 Å². The van der Waals surface area contributed by atoms with Gasteiger partial charge in [0.1, 0.15) is 5.70 Å². The molecule has 126 valence electrons. The van der Waals surface area contributed by atoms with Gasteiger partial charge in [0.2, 0.25) is 6.79 Å². The van der Waals surface area contributed by atoms with Gasteiger partial charge in [-0.2, -0.15) is 0 Å². The molecule has 0 saturated heterocycles. The van der Waals surface area contributed by atoms with Crippen molar-refractivity contribution in [3.8, 4) is 11.5 Å². The van der Waals surface area contributed by atoms with E-state index in [-0.39, 0.29) is 24.7 Å². The van der Waals surface area contributed by atoms with Crippen LogP contribution in [0.2, 0.25) is 0 Å². The molecular formula is C18H21N3O3. The third-order valence-electron chi connectivity index (χ3n) is 4.69. The number of likely N-dealkylation sites (N-methyl/N-ethyl adjacent to an activating group) is 1. The van der Waals surface area contributed by atoms with Crippen molar-refractivity contribution in [1.29, 1.82) is 0 Å². The number of fused-ring (bicyclic) bond motifs is 1. The quantitative estimate of drug-likeness (QED) is 0.901. The Hall–Kier alpha value is -2.50. The molecule has 3 aliphatic heterocycles. The van der Waals surface area contributed by atoms with Gasteiger partial charge in [-0.15, -0.1) is 0 Å². The molecule has 1 N–H and O–H groups in total. The van der Waals surface area contributed by atoms with E-state index in [1.165, 1.54) is 0 Å². The van der Waals surface area contributed by atoms with E-state index < -0.39 is 0 Å². The Balaban J connectivity index is 1.83. The fraction of sp³-hybridized carbons (Fsp3) is 0.444. The third-order valence-corrected chi connectivity index (χ3v) is 4.69. The molecule has 3 heterocycles. The van der Waals surface area contributed by atoms with Crippen LogP contribution in [-0.2, 0) is 4.79 Å². The number of ether oxygens (including phenoxy) is 2. The van der Waals surface area contributed by atoms with Crippen molar-refractivity contribution in [3.05, 3.63) is 35.0 Å². The predicted octanol–water partition coefficient (Wildman–Crippen LogP) is 1.88. The molecule has 24 heavy (non-hydrogen) atoms. The largest absolute Gasteiger partial charge is 0.454 e. The minimum absolute atomic E-state index is 0.0367. The van der Waals surface area contributed by atoms with Crippen LogP contribution in [0.5, 0.6) is 11.5 Å². The van der Waals surface area contributed by atoms with E-state index in [2.05, 4.69) is 19.2 Å². The second-order valence-corrected chi connectivity index (χ2v) is 6.62. The summed E-state index contributed by atoms with van der Waals surface area (Å²) in [5, 5.41) is 3.11. The highest BCUT2D eigenvalue weighted by molar-refractivity contribution is 6.13. The molecule has 6 nitrogen and oxygen atoms in total. The summed E-state index contributed by atoms with van der Waals surface area (Å²) in [5.74, 6) is 1.69. The summed E-state index contributed by atoms with van der Waals surface area (Å²) in [6, 6.07) is 5.63. The van der Waals surface area contributed by atoms with Crippen LogP contribution in [0.1, 0.15) is 25.5 Å². The van der Waals surface area contributed by atoms with Gasteiger partial charge in [0.15, 0.2) is 11.5 Å². The van der Waals surface area contributed by atoms with E-state index in [0.29, 0.717) is 6.54 Å². The number of benzene rings is 1. The predicted molar refractivity (Wildman–Crippen MR) is 90.2 cm³/mol. The van der Waals surface area contributed by atoms with Crippen molar-refractivity contribution in [1.82, 2.24) is 10.2 Å². The van der Waals surface area contributed by atoms with E-state index in [1.807, 2.05) is 30.1 Å². The summed E-state index contributed by atoms with van der Waals surface area (Å²) in [6.07, 6.45) is 0. The molecule has 1 atom stereocenters. The Bertz CT molecular complexity index is 767. The molecule has 0 fully saturated rings. The number of hydrogen-bond acceptors (Lipinski definition) is 5. The van der Waals surface area contributed by atoms with Gasteiger partial charge in [-0.3, -0.25) is 9.79 Å². The van der Waals surface area contributed by atoms with Crippen LogP contribution in [0.3, 0.4) is 0 Å². The van der Waals surface area contributed by atoms with Crippen LogP contribution in [-0.4, -0.2) is 43.4 Å². The number of hydrogen-bond donors (Lipinski definition) is 1. The summed E-state index contributed by atoms with van der Waals surface area (Å²) >= 11 is 0. The minimum Gasteiger partial charge on any atom is -0.454 e. The summed E-state index contributed by atoms with van der Waals surface area (Å²) in [7, 11) is 1.95. The Kier molecular flexibility index (Phi) is 3.48. The standard InChI is InChI=1S/C18H21N3O3/c1-10(2)15-14-16(11-4-5-12-13(8-11)24-9-23-12)20-18(22)17(14)21(3)7-6-19-15/h4-5,8,10,16H,6-7,9H2,1-3H3,(H,20,22). The molecule has 1 unspecified atom stereocenters. The van der Waals surface area contributed by atoms with Crippen LogP contribution < -0.4 is 14.8 Å². The Morgan fingerprint density at radius 1 is 1.29 bits per heavy atom. The lowest BCUT2D eigenvalue weighted by Gasteiger charge is -2.20. The molecule has 1 aromatic rings. The summed E-state index contributed by atoms with van der Waals surface area (Å²) < 4.78 is 10.9. The maximum Gasteiger partial charge on any atom is 0.268 e. The van der Waals surface area contributed by atoms with Crippen LogP contribution in [0.25, 0.3) is 0 Å². The number of aliphatic imine (C=N–C) groups is 1. The third kappa shape index (κ3) is 2.25. The number of amides is 1. The molecule has 4 rings (SSSR count). The Morgan fingerprint density at radius 2 is 2.08 bits per heavy atom. The zero-order valence-electron chi connectivity index (χ0n) is 14.1. The molecule has 0 spiro atoms. The van der Waals surface area contributed by atoms with Crippen LogP contribution in [0.4, 0.5) is 0 Å².